The molecule has 0 radical (unpaired) electrons. The van der Waals surface area contributed by atoms with Gasteiger partial charge in [0.05, 0.1) is 20.3 Å². The fraction of sp³-hybridized carbons (Fsp3) is 0.533. The number of carbonyl (C=O) groups excluding carboxylic acids is 1. The summed E-state index contributed by atoms with van der Waals surface area (Å²) in [6.45, 7) is 1.97. The van der Waals surface area contributed by atoms with E-state index in [1.54, 1.807) is 14.2 Å². The van der Waals surface area contributed by atoms with Crippen LogP contribution < -0.4 is 14.8 Å². The minimum Gasteiger partial charge on any atom is -0.497 e. The van der Waals surface area contributed by atoms with E-state index in [0.29, 0.717) is 0 Å². The van der Waals surface area contributed by atoms with Crippen molar-refractivity contribution in [1.82, 2.24) is 5.32 Å². The number of amides is 1. The SMILES string of the molecule is COc1ccc(OC)c([C@@H](C)NC(=O)C2CCC2)c1. The van der Waals surface area contributed by atoms with E-state index in [-0.39, 0.29) is 17.9 Å². The summed E-state index contributed by atoms with van der Waals surface area (Å²) in [4.78, 5) is 12.0. The van der Waals surface area contributed by atoms with Crippen LogP contribution in [0.5, 0.6) is 11.5 Å². The average Bonchev–Trinajstić information content (AvgIpc) is 2.35. The number of ether oxygens (including phenoxy) is 2. The quantitative estimate of drug-likeness (QED) is 0.888. The van der Waals surface area contributed by atoms with Crippen LogP contribution in [-0.4, -0.2) is 20.1 Å². The van der Waals surface area contributed by atoms with Gasteiger partial charge in [0, 0.05) is 11.5 Å². The first kappa shape index (κ1) is 13.7. The number of hydrogen-bond acceptors (Lipinski definition) is 3. The lowest BCUT2D eigenvalue weighted by molar-refractivity contribution is -0.128. The minimum absolute atomic E-state index is 0.0850. The zero-order valence-corrected chi connectivity index (χ0v) is 11.7. The maximum atomic E-state index is 12.0. The number of benzene rings is 1. The number of nitrogens with one attached hydrogen (secondary N) is 1. The zero-order valence-electron chi connectivity index (χ0n) is 11.7. The topological polar surface area (TPSA) is 47.6 Å². The molecule has 0 bridgehead atoms. The molecule has 0 aromatic heterocycles. The van der Waals surface area contributed by atoms with Crippen molar-refractivity contribution in [1.29, 1.82) is 0 Å². The molecule has 104 valence electrons. The van der Waals surface area contributed by atoms with Crippen molar-refractivity contribution < 1.29 is 14.3 Å². The van der Waals surface area contributed by atoms with Gasteiger partial charge >= 0.3 is 0 Å². The number of methoxy groups -OCH3 is 2. The van der Waals surface area contributed by atoms with E-state index in [1.165, 1.54) is 0 Å². The lowest BCUT2D eigenvalue weighted by atomic mass is 9.84. The molecule has 1 atom stereocenters. The second-order valence-electron chi connectivity index (χ2n) is 4.97. The van der Waals surface area contributed by atoms with Crippen LogP contribution in [0.3, 0.4) is 0 Å². The van der Waals surface area contributed by atoms with Gasteiger partial charge in [-0.3, -0.25) is 4.79 Å². The maximum Gasteiger partial charge on any atom is 0.223 e. The molecular formula is C15H21NO3. The van der Waals surface area contributed by atoms with Crippen molar-refractivity contribution >= 4 is 5.91 Å². The van der Waals surface area contributed by atoms with Crippen molar-refractivity contribution in [2.24, 2.45) is 5.92 Å². The van der Waals surface area contributed by atoms with E-state index < -0.39 is 0 Å². The second-order valence-corrected chi connectivity index (χ2v) is 4.97. The zero-order chi connectivity index (χ0) is 13.8. The highest BCUT2D eigenvalue weighted by atomic mass is 16.5. The lowest BCUT2D eigenvalue weighted by Crippen LogP contribution is -2.36. The second kappa shape index (κ2) is 5.95. The molecule has 2 rings (SSSR count). The Bertz CT molecular complexity index is 455. The fourth-order valence-electron chi connectivity index (χ4n) is 2.26. The van der Waals surface area contributed by atoms with E-state index in [0.717, 1.165) is 36.3 Å². The first-order valence-electron chi connectivity index (χ1n) is 6.68. The average molecular weight is 263 g/mol. The molecule has 1 N–H and O–H groups in total. The molecule has 4 heteroatoms. The van der Waals surface area contributed by atoms with Gasteiger partial charge in [-0.15, -0.1) is 0 Å². The summed E-state index contributed by atoms with van der Waals surface area (Å²) >= 11 is 0. The summed E-state index contributed by atoms with van der Waals surface area (Å²) < 4.78 is 10.6. The van der Waals surface area contributed by atoms with E-state index in [1.807, 2.05) is 25.1 Å². The maximum absolute atomic E-state index is 12.0. The van der Waals surface area contributed by atoms with E-state index in [4.69, 9.17) is 9.47 Å². The molecule has 1 aromatic rings. The van der Waals surface area contributed by atoms with Crippen LogP contribution in [0.1, 0.15) is 37.8 Å². The number of hydrogen-bond donors (Lipinski definition) is 1. The summed E-state index contributed by atoms with van der Waals surface area (Å²) in [6, 6.07) is 5.53. The molecular weight excluding hydrogens is 242 g/mol. The van der Waals surface area contributed by atoms with Gasteiger partial charge < -0.3 is 14.8 Å². The Labute approximate surface area is 114 Å². The molecule has 0 saturated heterocycles. The van der Waals surface area contributed by atoms with Gasteiger partial charge in [-0.2, -0.15) is 0 Å². The van der Waals surface area contributed by atoms with Crippen molar-refractivity contribution in [2.75, 3.05) is 14.2 Å². The molecule has 0 unspecified atom stereocenters. The summed E-state index contributed by atoms with van der Waals surface area (Å²) in [5.74, 6) is 1.87. The molecule has 1 aliphatic carbocycles. The predicted molar refractivity (Wildman–Crippen MR) is 73.4 cm³/mol. The van der Waals surface area contributed by atoms with Gasteiger partial charge in [0.25, 0.3) is 0 Å². The Balaban J connectivity index is 2.11. The van der Waals surface area contributed by atoms with E-state index >= 15 is 0 Å². The minimum atomic E-state index is -0.0850. The Hall–Kier alpha value is -1.71. The Kier molecular flexibility index (Phi) is 4.30. The summed E-state index contributed by atoms with van der Waals surface area (Å²) in [6.07, 6.45) is 3.18. The van der Waals surface area contributed by atoms with Gasteiger partial charge in [0.1, 0.15) is 11.5 Å². The lowest BCUT2D eigenvalue weighted by Gasteiger charge is -2.26. The van der Waals surface area contributed by atoms with Crippen LogP contribution in [0.2, 0.25) is 0 Å². The Morgan fingerprint density at radius 1 is 1.32 bits per heavy atom. The van der Waals surface area contributed by atoms with Gasteiger partial charge in [0.15, 0.2) is 0 Å². The molecule has 4 nitrogen and oxygen atoms in total. The summed E-state index contributed by atoms with van der Waals surface area (Å²) in [7, 11) is 3.26. The van der Waals surface area contributed by atoms with Crippen LogP contribution in [0.25, 0.3) is 0 Å². The molecule has 0 heterocycles. The van der Waals surface area contributed by atoms with Crippen LogP contribution in [0, 0.1) is 5.92 Å². The van der Waals surface area contributed by atoms with Crippen molar-refractivity contribution in [3.8, 4) is 11.5 Å². The molecule has 1 aromatic carbocycles. The largest absolute Gasteiger partial charge is 0.497 e. The Morgan fingerprint density at radius 3 is 2.58 bits per heavy atom. The smallest absolute Gasteiger partial charge is 0.223 e. The van der Waals surface area contributed by atoms with Crippen molar-refractivity contribution in [3.63, 3.8) is 0 Å². The number of carbonyl (C=O) groups is 1. The molecule has 1 aliphatic rings. The van der Waals surface area contributed by atoms with Crippen LogP contribution in [0.15, 0.2) is 18.2 Å². The van der Waals surface area contributed by atoms with Crippen LogP contribution in [0.4, 0.5) is 0 Å². The third-order valence-corrected chi connectivity index (χ3v) is 3.74. The van der Waals surface area contributed by atoms with Gasteiger partial charge in [-0.25, -0.2) is 0 Å². The first-order chi connectivity index (χ1) is 9.15. The predicted octanol–water partition coefficient (Wildman–Crippen LogP) is 2.68. The molecule has 0 spiro atoms. The molecule has 0 aliphatic heterocycles. The van der Waals surface area contributed by atoms with Gasteiger partial charge in [0.2, 0.25) is 5.91 Å². The standard InChI is InChI=1S/C15H21NO3/c1-10(16-15(17)11-5-4-6-11)13-9-12(18-2)7-8-14(13)19-3/h7-11H,4-6H2,1-3H3,(H,16,17)/t10-/m1/s1. The fourth-order valence-corrected chi connectivity index (χ4v) is 2.26. The third kappa shape index (κ3) is 3.00. The van der Waals surface area contributed by atoms with Crippen molar-refractivity contribution in [2.45, 2.75) is 32.2 Å². The highest BCUT2D eigenvalue weighted by molar-refractivity contribution is 5.79. The summed E-state index contributed by atoms with van der Waals surface area (Å²) in [5, 5.41) is 3.05. The normalized spacial score (nSPS) is 16.4. The van der Waals surface area contributed by atoms with E-state index in [2.05, 4.69) is 5.32 Å². The van der Waals surface area contributed by atoms with Gasteiger partial charge in [-0.1, -0.05) is 6.42 Å². The Morgan fingerprint density at radius 2 is 2.05 bits per heavy atom. The third-order valence-electron chi connectivity index (χ3n) is 3.74. The van der Waals surface area contributed by atoms with Crippen molar-refractivity contribution in [3.05, 3.63) is 23.8 Å². The van der Waals surface area contributed by atoms with Crippen LogP contribution in [-0.2, 0) is 4.79 Å². The number of rotatable bonds is 5. The monoisotopic (exact) mass is 263 g/mol. The first-order valence-corrected chi connectivity index (χ1v) is 6.68. The van der Waals surface area contributed by atoms with Crippen LogP contribution >= 0.6 is 0 Å². The molecule has 1 saturated carbocycles. The molecule has 19 heavy (non-hydrogen) atoms. The highest BCUT2D eigenvalue weighted by Gasteiger charge is 2.26. The highest BCUT2D eigenvalue weighted by Crippen LogP contribution is 2.31. The van der Waals surface area contributed by atoms with Gasteiger partial charge in [-0.05, 0) is 38.0 Å². The molecule has 1 amide bonds. The molecule has 1 fully saturated rings. The summed E-state index contributed by atoms with van der Waals surface area (Å²) in [5.41, 5.74) is 0.939. The van der Waals surface area contributed by atoms with E-state index in [9.17, 15) is 4.79 Å².